The van der Waals surface area contributed by atoms with Crippen LogP contribution in [0.3, 0.4) is 0 Å². The standard InChI is InChI=1S/C19H18N4O3/c1-12(24)13-7-9-14(10-8-13)21-19(26)16-11-17(18(20)25)23(22-16)15-5-3-2-4-6-15/h2-10,17H,11H2,1H3,(H2,20,25)(H,21,26). The molecule has 0 radical (unpaired) electrons. The van der Waals surface area contributed by atoms with Gasteiger partial charge in [-0.2, -0.15) is 5.10 Å². The summed E-state index contributed by atoms with van der Waals surface area (Å²) in [6, 6.07) is 14.9. The summed E-state index contributed by atoms with van der Waals surface area (Å²) < 4.78 is 0. The molecule has 1 unspecified atom stereocenters. The highest BCUT2D eigenvalue weighted by atomic mass is 16.2. The van der Waals surface area contributed by atoms with Crippen LogP contribution in [-0.4, -0.2) is 29.4 Å². The van der Waals surface area contributed by atoms with E-state index < -0.39 is 17.9 Å². The van der Waals surface area contributed by atoms with Crippen LogP contribution >= 0.6 is 0 Å². The molecule has 1 heterocycles. The number of nitrogens with two attached hydrogens (primary N) is 1. The Kier molecular flexibility index (Phi) is 4.79. The average Bonchev–Trinajstić information content (AvgIpc) is 3.09. The lowest BCUT2D eigenvalue weighted by atomic mass is 10.1. The molecule has 0 saturated carbocycles. The number of para-hydroxylation sites is 1. The molecule has 0 aliphatic carbocycles. The molecule has 26 heavy (non-hydrogen) atoms. The van der Waals surface area contributed by atoms with Gasteiger partial charge >= 0.3 is 0 Å². The van der Waals surface area contributed by atoms with Gasteiger partial charge in [-0.3, -0.25) is 19.4 Å². The minimum atomic E-state index is -0.710. The molecule has 0 saturated heterocycles. The number of anilines is 2. The van der Waals surface area contributed by atoms with E-state index in [9.17, 15) is 14.4 Å². The Morgan fingerprint density at radius 2 is 1.73 bits per heavy atom. The van der Waals surface area contributed by atoms with E-state index in [1.807, 2.05) is 18.2 Å². The average molecular weight is 350 g/mol. The molecular weight excluding hydrogens is 332 g/mol. The third-order valence-corrected chi connectivity index (χ3v) is 4.07. The predicted molar refractivity (Wildman–Crippen MR) is 99.0 cm³/mol. The van der Waals surface area contributed by atoms with Gasteiger partial charge in [-0.25, -0.2) is 0 Å². The third kappa shape index (κ3) is 3.61. The van der Waals surface area contributed by atoms with Gasteiger partial charge in [-0.1, -0.05) is 18.2 Å². The van der Waals surface area contributed by atoms with Gasteiger partial charge in [0.2, 0.25) is 5.91 Å². The van der Waals surface area contributed by atoms with Crippen molar-refractivity contribution in [2.45, 2.75) is 19.4 Å². The molecule has 0 bridgehead atoms. The molecule has 7 nitrogen and oxygen atoms in total. The molecular formula is C19H18N4O3. The maximum Gasteiger partial charge on any atom is 0.271 e. The first-order chi connectivity index (χ1) is 12.5. The van der Waals surface area contributed by atoms with Gasteiger partial charge in [0.1, 0.15) is 11.8 Å². The second-order valence-corrected chi connectivity index (χ2v) is 5.94. The molecule has 0 aromatic heterocycles. The summed E-state index contributed by atoms with van der Waals surface area (Å²) >= 11 is 0. The first-order valence-electron chi connectivity index (χ1n) is 8.09. The van der Waals surface area contributed by atoms with Crippen LogP contribution in [0.1, 0.15) is 23.7 Å². The van der Waals surface area contributed by atoms with Crippen LogP contribution in [0.2, 0.25) is 0 Å². The minimum Gasteiger partial charge on any atom is -0.368 e. The number of Topliss-reactive ketones (excluding diaryl/α,β-unsaturated/α-hetero) is 1. The fourth-order valence-electron chi connectivity index (χ4n) is 2.68. The van der Waals surface area contributed by atoms with Gasteiger partial charge < -0.3 is 11.1 Å². The van der Waals surface area contributed by atoms with Crippen LogP contribution in [0.5, 0.6) is 0 Å². The minimum absolute atomic E-state index is 0.0501. The molecule has 1 aliphatic heterocycles. The quantitative estimate of drug-likeness (QED) is 0.804. The number of hydrogen-bond acceptors (Lipinski definition) is 5. The number of carbonyl (C=O) groups excluding carboxylic acids is 3. The van der Waals surface area contributed by atoms with Crippen LogP contribution in [0.4, 0.5) is 11.4 Å². The molecule has 2 aromatic rings. The van der Waals surface area contributed by atoms with Gasteiger partial charge in [0.05, 0.1) is 5.69 Å². The van der Waals surface area contributed by atoms with Crippen molar-refractivity contribution in [3.63, 3.8) is 0 Å². The van der Waals surface area contributed by atoms with Gasteiger partial charge in [0.15, 0.2) is 5.78 Å². The Labute approximate surface area is 150 Å². The topological polar surface area (TPSA) is 105 Å². The fourth-order valence-corrected chi connectivity index (χ4v) is 2.68. The van der Waals surface area contributed by atoms with Gasteiger partial charge in [-0.05, 0) is 43.3 Å². The highest BCUT2D eigenvalue weighted by molar-refractivity contribution is 6.44. The van der Waals surface area contributed by atoms with Crippen molar-refractivity contribution in [1.82, 2.24) is 0 Å². The summed E-state index contributed by atoms with van der Waals surface area (Å²) in [7, 11) is 0. The largest absolute Gasteiger partial charge is 0.368 e. The van der Waals surface area contributed by atoms with E-state index >= 15 is 0 Å². The second kappa shape index (κ2) is 7.18. The summed E-state index contributed by atoms with van der Waals surface area (Å²) in [4.78, 5) is 35.6. The second-order valence-electron chi connectivity index (χ2n) is 5.94. The maximum atomic E-state index is 12.5. The van der Waals surface area contributed by atoms with Crippen LogP contribution < -0.4 is 16.1 Å². The number of benzene rings is 2. The number of carbonyl (C=O) groups is 3. The van der Waals surface area contributed by atoms with Crippen LogP contribution in [-0.2, 0) is 9.59 Å². The Hall–Kier alpha value is -3.48. The maximum absolute atomic E-state index is 12.5. The number of primary amides is 1. The van der Waals surface area contributed by atoms with Crippen LogP contribution in [0.25, 0.3) is 0 Å². The summed E-state index contributed by atoms with van der Waals surface area (Å²) in [5.41, 5.74) is 7.47. The smallest absolute Gasteiger partial charge is 0.271 e. The summed E-state index contributed by atoms with van der Waals surface area (Å²) in [6.45, 7) is 1.48. The predicted octanol–water partition coefficient (Wildman–Crippen LogP) is 1.95. The summed E-state index contributed by atoms with van der Waals surface area (Å²) in [5, 5.41) is 8.48. The van der Waals surface area contributed by atoms with Crippen LogP contribution in [0, 0.1) is 0 Å². The van der Waals surface area contributed by atoms with E-state index in [1.54, 1.807) is 36.4 Å². The van der Waals surface area contributed by atoms with Crippen molar-refractivity contribution in [1.29, 1.82) is 0 Å². The lowest BCUT2D eigenvalue weighted by molar-refractivity contribution is -0.119. The monoisotopic (exact) mass is 350 g/mol. The molecule has 132 valence electrons. The van der Waals surface area contributed by atoms with E-state index in [0.29, 0.717) is 16.9 Å². The summed E-state index contributed by atoms with van der Waals surface area (Å²) in [6.07, 6.45) is 0.127. The number of ketones is 1. The summed E-state index contributed by atoms with van der Waals surface area (Å²) in [5.74, 6) is -1.01. The SMILES string of the molecule is CC(=O)c1ccc(NC(=O)C2=NN(c3ccccc3)C(C(N)=O)C2)cc1. The Morgan fingerprint density at radius 1 is 1.08 bits per heavy atom. The fraction of sp³-hybridized carbons (Fsp3) is 0.158. The van der Waals surface area contributed by atoms with Gasteiger partial charge in [0, 0.05) is 17.7 Å². The van der Waals surface area contributed by atoms with Crippen molar-refractivity contribution in [2.75, 3.05) is 10.3 Å². The first kappa shape index (κ1) is 17.3. The number of hydrogen-bond donors (Lipinski definition) is 2. The zero-order valence-electron chi connectivity index (χ0n) is 14.2. The number of nitrogens with zero attached hydrogens (tertiary/aromatic N) is 2. The van der Waals surface area contributed by atoms with E-state index in [4.69, 9.17) is 5.73 Å². The van der Waals surface area contributed by atoms with Crippen molar-refractivity contribution in [3.8, 4) is 0 Å². The molecule has 0 spiro atoms. The molecule has 1 aliphatic rings. The molecule has 3 N–H and O–H groups in total. The number of amides is 2. The van der Waals surface area contributed by atoms with Crippen molar-refractivity contribution in [2.24, 2.45) is 10.8 Å². The molecule has 7 heteroatoms. The normalized spacial score (nSPS) is 16.1. The number of nitrogens with one attached hydrogen (secondary N) is 1. The van der Waals surface area contributed by atoms with E-state index in [0.717, 1.165) is 0 Å². The number of hydrazone groups is 1. The molecule has 1 atom stereocenters. The van der Waals surface area contributed by atoms with E-state index in [1.165, 1.54) is 11.9 Å². The lowest BCUT2D eigenvalue weighted by Gasteiger charge is -2.20. The zero-order chi connectivity index (χ0) is 18.7. The van der Waals surface area contributed by atoms with Crippen molar-refractivity contribution in [3.05, 3.63) is 60.2 Å². The van der Waals surface area contributed by atoms with E-state index in [2.05, 4.69) is 10.4 Å². The van der Waals surface area contributed by atoms with Crippen molar-refractivity contribution < 1.29 is 14.4 Å². The first-order valence-corrected chi connectivity index (χ1v) is 8.09. The van der Waals surface area contributed by atoms with Crippen LogP contribution in [0.15, 0.2) is 59.7 Å². The Morgan fingerprint density at radius 3 is 2.31 bits per heavy atom. The zero-order valence-corrected chi connectivity index (χ0v) is 14.2. The third-order valence-electron chi connectivity index (χ3n) is 4.07. The van der Waals surface area contributed by atoms with Gasteiger partial charge in [-0.15, -0.1) is 0 Å². The Balaban J connectivity index is 1.78. The molecule has 2 amide bonds. The van der Waals surface area contributed by atoms with E-state index in [-0.39, 0.29) is 17.9 Å². The highest BCUT2D eigenvalue weighted by Gasteiger charge is 2.34. The molecule has 2 aromatic carbocycles. The number of rotatable bonds is 5. The van der Waals surface area contributed by atoms with Crippen molar-refractivity contribution >= 4 is 34.7 Å². The highest BCUT2D eigenvalue weighted by Crippen LogP contribution is 2.24. The lowest BCUT2D eigenvalue weighted by Crippen LogP contribution is -2.39. The molecule has 0 fully saturated rings. The molecule has 3 rings (SSSR count). The van der Waals surface area contributed by atoms with Gasteiger partial charge in [0.25, 0.3) is 5.91 Å². The Bertz CT molecular complexity index is 875.